The van der Waals surface area contributed by atoms with Crippen molar-refractivity contribution in [3.05, 3.63) is 48.5 Å². The van der Waals surface area contributed by atoms with Crippen LogP contribution in [0.15, 0.2) is 53.4 Å². The summed E-state index contributed by atoms with van der Waals surface area (Å²) in [7, 11) is -1.87. The fourth-order valence-electron chi connectivity index (χ4n) is 4.14. The molecule has 0 atom stereocenters. The Morgan fingerprint density at radius 3 is 2.00 bits per heavy atom. The van der Waals surface area contributed by atoms with Crippen molar-refractivity contribution >= 4 is 15.9 Å². The molecule has 0 spiro atoms. The van der Waals surface area contributed by atoms with E-state index in [1.165, 1.54) is 4.31 Å². The molecule has 7 nitrogen and oxygen atoms in total. The fraction of sp³-hybridized carbons (Fsp3) is 0.409. The van der Waals surface area contributed by atoms with E-state index in [-0.39, 0.29) is 17.9 Å². The van der Waals surface area contributed by atoms with E-state index < -0.39 is 10.0 Å². The van der Waals surface area contributed by atoms with E-state index in [1.54, 1.807) is 19.2 Å². The molecule has 2 aromatic rings. The van der Waals surface area contributed by atoms with Gasteiger partial charge in [-0.1, -0.05) is 24.3 Å². The van der Waals surface area contributed by atoms with Crippen molar-refractivity contribution in [2.75, 3.05) is 33.3 Å². The first-order chi connectivity index (χ1) is 14.4. The first-order valence-electron chi connectivity index (χ1n) is 10.2. The first-order valence-corrected chi connectivity index (χ1v) is 11.6. The van der Waals surface area contributed by atoms with Crippen LogP contribution >= 0.6 is 0 Å². The molecule has 1 amide bonds. The third-order valence-corrected chi connectivity index (χ3v) is 8.04. The van der Waals surface area contributed by atoms with Crippen LogP contribution in [0.2, 0.25) is 0 Å². The number of rotatable bonds is 6. The number of hydrogen-bond acceptors (Lipinski definition) is 5. The maximum Gasteiger partial charge on any atom is 0.243 e. The van der Waals surface area contributed by atoms with E-state index in [0.717, 1.165) is 42.8 Å². The van der Waals surface area contributed by atoms with Gasteiger partial charge in [-0.25, -0.2) is 8.42 Å². The standard InChI is InChI=1S/C22H27N3O4S/c1-29-20-6-2-16(3-7-20)17-4-8-21(9-5-17)30(27,28)25-14-19(15-25)24-12-10-18(11-13-24)22(23)26/h2-9,18-19H,10-15H2,1H3,(H2,23,26). The van der Waals surface area contributed by atoms with Gasteiger partial charge in [0.15, 0.2) is 0 Å². The number of ether oxygens (including phenoxy) is 1. The number of hydrogen-bond donors (Lipinski definition) is 1. The fourth-order valence-corrected chi connectivity index (χ4v) is 5.66. The number of piperidine rings is 1. The van der Waals surface area contributed by atoms with Gasteiger partial charge in [0.1, 0.15) is 5.75 Å². The van der Waals surface area contributed by atoms with Crippen molar-refractivity contribution in [2.24, 2.45) is 11.7 Å². The topological polar surface area (TPSA) is 92.9 Å². The molecule has 0 bridgehead atoms. The Kier molecular flexibility index (Phi) is 5.81. The highest BCUT2D eigenvalue weighted by molar-refractivity contribution is 7.89. The van der Waals surface area contributed by atoms with Crippen molar-refractivity contribution in [3.8, 4) is 16.9 Å². The number of sulfonamides is 1. The highest BCUT2D eigenvalue weighted by atomic mass is 32.2. The lowest BCUT2D eigenvalue weighted by Crippen LogP contribution is -2.62. The van der Waals surface area contributed by atoms with Gasteiger partial charge in [0.05, 0.1) is 12.0 Å². The molecule has 30 heavy (non-hydrogen) atoms. The van der Waals surface area contributed by atoms with E-state index in [4.69, 9.17) is 10.5 Å². The molecule has 0 unspecified atom stereocenters. The molecule has 2 saturated heterocycles. The molecule has 2 aliphatic heterocycles. The minimum atomic E-state index is -3.50. The van der Waals surface area contributed by atoms with Gasteiger partial charge in [0.25, 0.3) is 0 Å². The van der Waals surface area contributed by atoms with Crippen LogP contribution in [0.25, 0.3) is 11.1 Å². The third-order valence-electron chi connectivity index (χ3n) is 6.19. The van der Waals surface area contributed by atoms with Crippen molar-refractivity contribution in [2.45, 2.75) is 23.8 Å². The summed E-state index contributed by atoms with van der Waals surface area (Å²) < 4.78 is 32.6. The number of methoxy groups -OCH3 is 1. The van der Waals surface area contributed by atoms with Crippen LogP contribution in [-0.2, 0) is 14.8 Å². The van der Waals surface area contributed by atoms with Gasteiger partial charge in [-0.15, -0.1) is 0 Å². The van der Waals surface area contributed by atoms with E-state index >= 15 is 0 Å². The minimum Gasteiger partial charge on any atom is -0.497 e. The van der Waals surface area contributed by atoms with Crippen molar-refractivity contribution < 1.29 is 17.9 Å². The average molecular weight is 430 g/mol. The summed E-state index contributed by atoms with van der Waals surface area (Å²) in [5.74, 6) is 0.500. The second-order valence-corrected chi connectivity index (χ2v) is 9.88. The molecule has 160 valence electrons. The predicted octanol–water partition coefficient (Wildman–Crippen LogP) is 1.93. The van der Waals surface area contributed by atoms with Crippen molar-refractivity contribution in [1.82, 2.24) is 9.21 Å². The molecular formula is C22H27N3O4S. The van der Waals surface area contributed by atoms with E-state index in [9.17, 15) is 13.2 Å². The number of carbonyl (C=O) groups is 1. The van der Waals surface area contributed by atoms with Gasteiger partial charge in [-0.2, -0.15) is 4.31 Å². The molecule has 2 aliphatic rings. The number of carbonyl (C=O) groups excluding carboxylic acids is 1. The normalized spacial score (nSPS) is 19.4. The van der Waals surface area contributed by atoms with Crippen LogP contribution in [0.5, 0.6) is 5.75 Å². The summed E-state index contributed by atoms with van der Waals surface area (Å²) in [6.07, 6.45) is 1.51. The SMILES string of the molecule is COc1ccc(-c2ccc(S(=O)(=O)N3CC(N4CCC(C(N)=O)CC4)C3)cc2)cc1. The number of likely N-dealkylation sites (tertiary alicyclic amines) is 1. The number of amides is 1. The van der Waals surface area contributed by atoms with Gasteiger partial charge in [0, 0.05) is 25.0 Å². The van der Waals surface area contributed by atoms with E-state index in [2.05, 4.69) is 4.90 Å². The Morgan fingerprint density at radius 2 is 1.50 bits per heavy atom. The predicted molar refractivity (Wildman–Crippen MR) is 114 cm³/mol. The maximum atomic E-state index is 12.9. The molecule has 2 aromatic carbocycles. The summed E-state index contributed by atoms with van der Waals surface area (Å²) in [6.45, 7) is 2.57. The Hall–Kier alpha value is -2.42. The average Bonchev–Trinajstić information content (AvgIpc) is 2.73. The van der Waals surface area contributed by atoms with Crippen molar-refractivity contribution in [3.63, 3.8) is 0 Å². The van der Waals surface area contributed by atoms with Crippen LogP contribution in [-0.4, -0.2) is 62.9 Å². The Labute approximate surface area is 177 Å². The van der Waals surface area contributed by atoms with Crippen LogP contribution in [0, 0.1) is 5.92 Å². The third kappa shape index (κ3) is 4.08. The molecule has 8 heteroatoms. The van der Waals surface area contributed by atoms with Crippen LogP contribution in [0.4, 0.5) is 0 Å². The Balaban J connectivity index is 1.37. The Bertz CT molecular complexity index is 992. The molecule has 0 aliphatic carbocycles. The second kappa shape index (κ2) is 8.37. The highest BCUT2D eigenvalue weighted by Gasteiger charge is 2.40. The molecule has 2 fully saturated rings. The number of benzene rings is 2. The summed E-state index contributed by atoms with van der Waals surface area (Å²) >= 11 is 0. The van der Waals surface area contributed by atoms with Gasteiger partial charge in [0.2, 0.25) is 15.9 Å². The molecular weight excluding hydrogens is 402 g/mol. The van der Waals surface area contributed by atoms with Crippen LogP contribution < -0.4 is 10.5 Å². The number of nitrogens with zero attached hydrogens (tertiary/aromatic N) is 2. The largest absolute Gasteiger partial charge is 0.497 e. The summed E-state index contributed by atoms with van der Waals surface area (Å²) in [4.78, 5) is 13.9. The zero-order valence-electron chi connectivity index (χ0n) is 17.0. The van der Waals surface area contributed by atoms with E-state index in [1.807, 2.05) is 36.4 Å². The van der Waals surface area contributed by atoms with Gasteiger partial charge in [-0.3, -0.25) is 9.69 Å². The molecule has 0 saturated carbocycles. The number of primary amides is 1. The monoisotopic (exact) mass is 429 g/mol. The lowest BCUT2D eigenvalue weighted by Gasteiger charge is -2.46. The van der Waals surface area contributed by atoms with Crippen molar-refractivity contribution in [1.29, 1.82) is 0 Å². The van der Waals surface area contributed by atoms with Crippen LogP contribution in [0.3, 0.4) is 0 Å². The maximum absolute atomic E-state index is 12.9. The highest BCUT2D eigenvalue weighted by Crippen LogP contribution is 2.29. The molecule has 4 rings (SSSR count). The van der Waals surface area contributed by atoms with E-state index in [0.29, 0.717) is 18.0 Å². The number of nitrogens with two attached hydrogens (primary N) is 1. The van der Waals surface area contributed by atoms with Gasteiger partial charge >= 0.3 is 0 Å². The molecule has 2 heterocycles. The Morgan fingerprint density at radius 1 is 0.967 bits per heavy atom. The smallest absolute Gasteiger partial charge is 0.243 e. The molecule has 0 aromatic heterocycles. The summed E-state index contributed by atoms with van der Waals surface area (Å²) in [6, 6.07) is 14.9. The first kappa shape index (κ1) is 20.8. The lowest BCUT2D eigenvalue weighted by atomic mass is 9.94. The summed E-state index contributed by atoms with van der Waals surface area (Å²) in [5.41, 5.74) is 7.35. The molecule has 2 N–H and O–H groups in total. The zero-order valence-corrected chi connectivity index (χ0v) is 17.8. The lowest BCUT2D eigenvalue weighted by molar-refractivity contribution is -0.123. The van der Waals surface area contributed by atoms with Gasteiger partial charge < -0.3 is 10.5 Å². The summed E-state index contributed by atoms with van der Waals surface area (Å²) in [5, 5.41) is 0. The van der Waals surface area contributed by atoms with Gasteiger partial charge in [-0.05, 0) is 61.3 Å². The molecule has 0 radical (unpaired) electrons. The quantitative estimate of drug-likeness (QED) is 0.757. The zero-order chi connectivity index (χ0) is 21.3. The minimum absolute atomic E-state index is 0.0506. The second-order valence-electron chi connectivity index (χ2n) is 7.94. The van der Waals surface area contributed by atoms with Crippen LogP contribution in [0.1, 0.15) is 12.8 Å².